The molecule has 0 aliphatic heterocycles. The molecular formula is C35H30N5+. The summed E-state index contributed by atoms with van der Waals surface area (Å²) in [5.74, 6) is 2.03. The van der Waals surface area contributed by atoms with Crippen molar-refractivity contribution in [2.24, 2.45) is 7.05 Å². The van der Waals surface area contributed by atoms with Crippen LogP contribution >= 0.6 is 0 Å². The zero-order valence-corrected chi connectivity index (χ0v) is 23.2. The lowest BCUT2D eigenvalue weighted by molar-refractivity contribution is -0.664. The number of nitrogens with zero attached hydrogens (tertiary/aromatic N) is 5. The molecule has 8 rings (SSSR count). The van der Waals surface area contributed by atoms with Crippen molar-refractivity contribution in [1.82, 2.24) is 18.5 Å². The largest absolute Gasteiger partial charge is 0.333 e. The van der Waals surface area contributed by atoms with Gasteiger partial charge in [-0.25, -0.2) is 4.57 Å². The minimum Gasteiger partial charge on any atom is -0.333 e. The number of hydrogen-bond acceptors (Lipinski definition) is 1. The molecule has 0 amide bonds. The van der Waals surface area contributed by atoms with Crippen molar-refractivity contribution in [2.75, 3.05) is 0 Å². The first-order chi connectivity index (χ1) is 19.5. The monoisotopic (exact) mass is 520 g/mol. The first kappa shape index (κ1) is 23.0. The lowest BCUT2D eigenvalue weighted by Crippen LogP contribution is -2.34. The van der Waals surface area contributed by atoms with E-state index in [0.29, 0.717) is 0 Å². The Morgan fingerprint density at radius 3 is 2.33 bits per heavy atom. The Bertz CT molecular complexity index is 2280. The average Bonchev–Trinajstić information content (AvgIpc) is 3.60. The highest BCUT2D eigenvalue weighted by Gasteiger charge is 2.28. The fraction of sp³-hybridized carbons (Fsp3) is 0.143. The summed E-state index contributed by atoms with van der Waals surface area (Å²) < 4.78 is 9.39. The average molecular weight is 521 g/mol. The molecule has 5 nitrogen and oxygen atoms in total. The van der Waals surface area contributed by atoms with E-state index in [4.69, 9.17) is 4.98 Å². The fourth-order valence-electron chi connectivity index (χ4n) is 6.46. The van der Waals surface area contributed by atoms with E-state index < -0.39 is 0 Å². The third kappa shape index (κ3) is 3.09. The van der Waals surface area contributed by atoms with Crippen LogP contribution in [-0.4, -0.2) is 18.5 Å². The lowest BCUT2D eigenvalue weighted by Gasteiger charge is -2.09. The molecule has 4 heterocycles. The van der Waals surface area contributed by atoms with Crippen molar-refractivity contribution in [3.8, 4) is 5.82 Å². The fourth-order valence-corrected chi connectivity index (χ4v) is 6.46. The van der Waals surface area contributed by atoms with Crippen molar-refractivity contribution >= 4 is 49.7 Å². The molecule has 0 bridgehead atoms. The maximum absolute atomic E-state index is 5.25. The second-order valence-electron chi connectivity index (χ2n) is 11.0. The van der Waals surface area contributed by atoms with Gasteiger partial charge in [0.25, 0.3) is 5.82 Å². The van der Waals surface area contributed by atoms with E-state index in [1.54, 1.807) is 0 Å². The van der Waals surface area contributed by atoms with Gasteiger partial charge in [-0.15, -0.1) is 0 Å². The SMILES string of the molecule is Cc1ccc2c(c1C)n(-c1cc3c4ccccc4n(Cc4ccccc4)c3c[n+]1C)c1nc3c(C)cccc3n21. The van der Waals surface area contributed by atoms with E-state index in [2.05, 4.69) is 143 Å². The van der Waals surface area contributed by atoms with E-state index >= 15 is 0 Å². The summed E-state index contributed by atoms with van der Waals surface area (Å²) in [6, 6.07) is 32.7. The second kappa shape index (κ2) is 8.30. The minimum absolute atomic E-state index is 0.824. The van der Waals surface area contributed by atoms with Gasteiger partial charge in [-0.2, -0.15) is 9.55 Å². The number of pyridine rings is 1. The van der Waals surface area contributed by atoms with Gasteiger partial charge in [0.1, 0.15) is 6.20 Å². The van der Waals surface area contributed by atoms with Crippen molar-refractivity contribution < 1.29 is 4.57 Å². The molecule has 0 unspecified atom stereocenters. The number of para-hydroxylation sites is 2. The number of benzene rings is 4. The summed E-state index contributed by atoms with van der Waals surface area (Å²) in [6.45, 7) is 7.39. The van der Waals surface area contributed by atoms with Gasteiger partial charge in [0.05, 0.1) is 29.1 Å². The highest BCUT2D eigenvalue weighted by molar-refractivity contribution is 6.08. The van der Waals surface area contributed by atoms with Crippen LogP contribution < -0.4 is 4.57 Å². The number of imidazole rings is 2. The zero-order chi connectivity index (χ0) is 27.1. The van der Waals surface area contributed by atoms with Gasteiger partial charge in [-0.1, -0.05) is 66.7 Å². The van der Waals surface area contributed by atoms with Gasteiger partial charge in [-0.3, -0.25) is 4.40 Å². The molecule has 5 heteroatoms. The quantitative estimate of drug-likeness (QED) is 0.224. The van der Waals surface area contributed by atoms with E-state index in [9.17, 15) is 0 Å². The Hall–Kier alpha value is -4.90. The molecule has 0 radical (unpaired) electrons. The Kier molecular flexibility index (Phi) is 4.78. The first-order valence-corrected chi connectivity index (χ1v) is 13.8. The van der Waals surface area contributed by atoms with Crippen LogP contribution in [-0.2, 0) is 13.6 Å². The molecule has 0 aliphatic carbocycles. The Balaban J connectivity index is 1.49. The van der Waals surface area contributed by atoms with Crippen LogP contribution in [0.4, 0.5) is 0 Å². The summed E-state index contributed by atoms with van der Waals surface area (Å²) >= 11 is 0. The van der Waals surface area contributed by atoms with Crippen LogP contribution in [0.2, 0.25) is 0 Å². The Morgan fingerprint density at radius 1 is 0.700 bits per heavy atom. The third-order valence-electron chi connectivity index (χ3n) is 8.63. The summed E-state index contributed by atoms with van der Waals surface area (Å²) in [5, 5.41) is 2.51. The van der Waals surface area contributed by atoms with Crippen LogP contribution in [0.1, 0.15) is 22.3 Å². The summed E-state index contributed by atoms with van der Waals surface area (Å²) in [5.41, 5.74) is 12.1. The van der Waals surface area contributed by atoms with Gasteiger partial charge < -0.3 is 4.57 Å². The molecule has 0 atom stereocenters. The van der Waals surface area contributed by atoms with Crippen LogP contribution in [0.15, 0.2) is 97.2 Å². The second-order valence-corrected chi connectivity index (χ2v) is 11.0. The van der Waals surface area contributed by atoms with Gasteiger partial charge >= 0.3 is 5.78 Å². The molecule has 0 saturated heterocycles. The van der Waals surface area contributed by atoms with Crippen molar-refractivity contribution in [1.29, 1.82) is 0 Å². The van der Waals surface area contributed by atoms with E-state index in [0.717, 1.165) is 29.2 Å². The normalized spacial score (nSPS) is 12.1. The van der Waals surface area contributed by atoms with Crippen molar-refractivity contribution in [3.63, 3.8) is 0 Å². The van der Waals surface area contributed by atoms with Crippen molar-refractivity contribution in [2.45, 2.75) is 27.3 Å². The maximum atomic E-state index is 5.25. The van der Waals surface area contributed by atoms with E-state index in [1.165, 1.54) is 55.1 Å². The Labute approximate surface area is 232 Å². The summed E-state index contributed by atoms with van der Waals surface area (Å²) in [4.78, 5) is 5.25. The molecular weight excluding hydrogens is 490 g/mol. The smallest absolute Gasteiger partial charge is 0.312 e. The maximum Gasteiger partial charge on any atom is 0.312 e. The molecule has 8 aromatic rings. The van der Waals surface area contributed by atoms with E-state index in [1.807, 2.05) is 0 Å². The van der Waals surface area contributed by atoms with Crippen LogP contribution in [0.5, 0.6) is 0 Å². The minimum atomic E-state index is 0.824. The Morgan fingerprint density at radius 2 is 1.48 bits per heavy atom. The summed E-state index contributed by atoms with van der Waals surface area (Å²) in [6.07, 6.45) is 2.29. The summed E-state index contributed by atoms with van der Waals surface area (Å²) in [7, 11) is 2.15. The number of hydrogen-bond donors (Lipinski definition) is 0. The molecule has 4 aromatic carbocycles. The molecule has 0 spiro atoms. The van der Waals surface area contributed by atoms with Gasteiger partial charge in [0, 0.05) is 34.5 Å². The molecule has 0 aliphatic rings. The molecule has 0 saturated carbocycles. The molecule has 4 aromatic heterocycles. The van der Waals surface area contributed by atoms with Gasteiger partial charge in [-0.05, 0) is 55.7 Å². The highest BCUT2D eigenvalue weighted by Crippen LogP contribution is 2.35. The molecule has 194 valence electrons. The lowest BCUT2D eigenvalue weighted by atomic mass is 10.1. The highest BCUT2D eigenvalue weighted by atomic mass is 15.3. The van der Waals surface area contributed by atoms with Crippen LogP contribution in [0, 0.1) is 20.8 Å². The number of fused-ring (bicyclic) bond motifs is 8. The molecule has 40 heavy (non-hydrogen) atoms. The third-order valence-corrected chi connectivity index (χ3v) is 8.63. The van der Waals surface area contributed by atoms with Gasteiger partial charge in [0.15, 0.2) is 5.52 Å². The number of aromatic nitrogens is 5. The van der Waals surface area contributed by atoms with Crippen molar-refractivity contribution in [3.05, 3.63) is 119 Å². The van der Waals surface area contributed by atoms with Crippen LogP contribution in [0.3, 0.4) is 0 Å². The van der Waals surface area contributed by atoms with Gasteiger partial charge in [0.2, 0.25) is 0 Å². The number of aryl methyl sites for hydroxylation is 4. The first-order valence-electron chi connectivity index (χ1n) is 13.8. The standard InChI is InChI=1S/C35H30N5/c1-22-17-18-30-34(24(22)3)40(35-36-33-23(2)11-10-16-29(33)39(30)35)32-19-27-26-14-8-9-15-28(26)38(31(27)21-37(32)4)20-25-12-6-5-7-13-25/h5-19,21H,20H2,1-4H3/q+1. The predicted molar refractivity (Wildman–Crippen MR) is 163 cm³/mol. The topological polar surface area (TPSA) is 31.0 Å². The predicted octanol–water partition coefficient (Wildman–Crippen LogP) is 7.34. The molecule has 0 N–H and O–H groups in total. The van der Waals surface area contributed by atoms with Crippen LogP contribution in [0.25, 0.3) is 55.5 Å². The number of rotatable bonds is 3. The molecule has 0 fully saturated rings. The van der Waals surface area contributed by atoms with E-state index in [-0.39, 0.29) is 0 Å². The zero-order valence-electron chi connectivity index (χ0n) is 23.2.